The third kappa shape index (κ3) is 3.37. The number of nitrogens with one attached hydrogen (secondary N) is 2. The molecule has 0 radical (unpaired) electrons. The van der Waals surface area contributed by atoms with Crippen molar-refractivity contribution in [2.75, 3.05) is 19.8 Å². The van der Waals surface area contributed by atoms with E-state index in [9.17, 15) is 9.18 Å². The van der Waals surface area contributed by atoms with E-state index < -0.39 is 11.6 Å². The van der Waals surface area contributed by atoms with Gasteiger partial charge in [0.1, 0.15) is 17.4 Å². The summed E-state index contributed by atoms with van der Waals surface area (Å²) in [4.78, 5) is 12.5. The number of nitrogens with zero attached hydrogens (tertiary/aromatic N) is 2. The van der Waals surface area contributed by atoms with Crippen LogP contribution in [0.15, 0.2) is 18.2 Å². The number of para-hydroxylation sites is 1. The van der Waals surface area contributed by atoms with E-state index in [1.807, 2.05) is 13.8 Å². The molecule has 7 nitrogen and oxygen atoms in total. The molecule has 136 valence electrons. The number of aliphatic hydroxyl groups is 1. The molecule has 0 unspecified atom stereocenters. The molecule has 0 aliphatic carbocycles. The van der Waals surface area contributed by atoms with E-state index in [1.54, 1.807) is 19.2 Å². The van der Waals surface area contributed by atoms with Gasteiger partial charge < -0.3 is 20.5 Å². The first-order valence-electron chi connectivity index (χ1n) is 8.23. The number of benzene rings is 1. The van der Waals surface area contributed by atoms with Gasteiger partial charge in [-0.2, -0.15) is 5.10 Å². The number of aryl methyl sites for hydroxylation is 1. The molecule has 3 rings (SSSR count). The number of halogens is 1. The van der Waals surface area contributed by atoms with Crippen LogP contribution >= 0.6 is 0 Å². The average Bonchev–Trinajstić information content (AvgIpc) is 2.94. The van der Waals surface area contributed by atoms with Crippen LogP contribution in [0.1, 0.15) is 19.5 Å². The maximum atomic E-state index is 14.1. The Morgan fingerprint density at radius 3 is 2.96 bits per heavy atom. The lowest BCUT2D eigenvalue weighted by Crippen LogP contribution is -2.56. The maximum Gasteiger partial charge on any atom is 0.251 e. The summed E-state index contributed by atoms with van der Waals surface area (Å²) < 4.78 is 21.1. The van der Waals surface area contributed by atoms with E-state index >= 15 is 0 Å². The number of carbonyl (C=O) groups is 1. The predicted molar refractivity (Wildman–Crippen MR) is 90.5 cm³/mol. The van der Waals surface area contributed by atoms with Crippen LogP contribution in [0.3, 0.4) is 0 Å². The van der Waals surface area contributed by atoms with Gasteiger partial charge in [0, 0.05) is 19.0 Å². The quantitative estimate of drug-likeness (QED) is 0.743. The van der Waals surface area contributed by atoms with Crippen molar-refractivity contribution in [3.8, 4) is 0 Å². The summed E-state index contributed by atoms with van der Waals surface area (Å²) in [6.07, 6.45) is -0.645. The molecule has 1 aliphatic rings. The summed E-state index contributed by atoms with van der Waals surface area (Å²) in [7, 11) is 1.68. The Morgan fingerprint density at radius 1 is 1.56 bits per heavy atom. The standard InChI is InChI=1S/C17H23FN4O3/c1-17(2,20-16(24)13-7-19-10(8-23)9-25-13)15-11-5-4-6-12(18)14(11)22(3)21-15/h4-6,10,13,19,23H,7-9H2,1-3H3,(H,20,24)/t10-,13+/m1/s1. The largest absolute Gasteiger partial charge is 0.395 e. The monoisotopic (exact) mass is 350 g/mol. The molecule has 2 heterocycles. The zero-order valence-electron chi connectivity index (χ0n) is 14.5. The molecule has 2 aromatic rings. The van der Waals surface area contributed by atoms with Crippen molar-refractivity contribution in [3.63, 3.8) is 0 Å². The Bertz CT molecular complexity index is 782. The summed E-state index contributed by atoms with van der Waals surface area (Å²) in [5.41, 5.74) is 0.192. The van der Waals surface area contributed by atoms with E-state index in [1.165, 1.54) is 10.7 Å². The SMILES string of the molecule is Cn1nc(C(C)(C)NC(=O)[C@@H]2CN[C@H](CO)CO2)c2cccc(F)c21. The van der Waals surface area contributed by atoms with Crippen molar-refractivity contribution < 1.29 is 19.0 Å². The van der Waals surface area contributed by atoms with Gasteiger partial charge in [0.2, 0.25) is 0 Å². The summed E-state index contributed by atoms with van der Waals surface area (Å²) >= 11 is 0. The average molecular weight is 350 g/mol. The van der Waals surface area contributed by atoms with Gasteiger partial charge >= 0.3 is 0 Å². The zero-order chi connectivity index (χ0) is 18.2. The molecule has 1 aliphatic heterocycles. The van der Waals surface area contributed by atoms with Crippen LogP contribution in [0, 0.1) is 5.82 Å². The molecule has 1 saturated heterocycles. The number of amides is 1. The number of rotatable bonds is 4. The number of ether oxygens (including phenoxy) is 1. The van der Waals surface area contributed by atoms with Crippen molar-refractivity contribution in [2.24, 2.45) is 7.05 Å². The topological polar surface area (TPSA) is 88.4 Å². The zero-order valence-corrected chi connectivity index (χ0v) is 14.5. The van der Waals surface area contributed by atoms with E-state index in [-0.39, 0.29) is 31.0 Å². The summed E-state index contributed by atoms with van der Waals surface area (Å²) in [5.74, 6) is -0.625. The normalized spacial score (nSPS) is 21.5. The van der Waals surface area contributed by atoms with Gasteiger partial charge in [-0.15, -0.1) is 0 Å². The fourth-order valence-electron chi connectivity index (χ4n) is 3.11. The molecule has 8 heteroatoms. The Kier molecular flexibility index (Phi) is 4.77. The number of aromatic nitrogens is 2. The maximum absolute atomic E-state index is 14.1. The van der Waals surface area contributed by atoms with Gasteiger partial charge in [-0.05, 0) is 19.9 Å². The number of fused-ring (bicyclic) bond motifs is 1. The fraction of sp³-hybridized carbons (Fsp3) is 0.529. The molecule has 2 atom stereocenters. The Morgan fingerprint density at radius 2 is 2.32 bits per heavy atom. The van der Waals surface area contributed by atoms with Gasteiger partial charge in [0.05, 0.1) is 30.5 Å². The van der Waals surface area contributed by atoms with E-state index in [0.717, 1.165) is 0 Å². The predicted octanol–water partition coefficient (Wildman–Crippen LogP) is 0.413. The van der Waals surface area contributed by atoms with Crippen LogP contribution in [0.25, 0.3) is 10.9 Å². The molecule has 25 heavy (non-hydrogen) atoms. The highest BCUT2D eigenvalue weighted by molar-refractivity contribution is 5.86. The fourth-order valence-corrected chi connectivity index (χ4v) is 3.11. The lowest BCUT2D eigenvalue weighted by atomic mass is 9.96. The van der Waals surface area contributed by atoms with Crippen LogP contribution in [-0.4, -0.2) is 52.7 Å². The van der Waals surface area contributed by atoms with E-state index in [2.05, 4.69) is 15.7 Å². The molecular formula is C17H23FN4O3. The summed E-state index contributed by atoms with van der Waals surface area (Å²) in [6.45, 7) is 4.21. The first-order chi connectivity index (χ1) is 11.8. The van der Waals surface area contributed by atoms with E-state index in [0.29, 0.717) is 23.1 Å². The molecule has 1 aromatic heterocycles. The molecule has 1 aromatic carbocycles. The number of morpholine rings is 1. The first kappa shape index (κ1) is 17.8. The third-order valence-electron chi connectivity index (χ3n) is 4.45. The van der Waals surface area contributed by atoms with Gasteiger partial charge in [-0.1, -0.05) is 12.1 Å². The Labute approximate surface area is 145 Å². The second-order valence-corrected chi connectivity index (χ2v) is 6.83. The minimum atomic E-state index is -0.804. The van der Waals surface area contributed by atoms with Gasteiger partial charge in [-0.25, -0.2) is 4.39 Å². The molecule has 0 spiro atoms. The number of hydrogen-bond donors (Lipinski definition) is 3. The highest BCUT2D eigenvalue weighted by Crippen LogP contribution is 2.29. The number of aliphatic hydroxyl groups excluding tert-OH is 1. The summed E-state index contributed by atoms with van der Waals surface area (Å²) in [6, 6.07) is 4.65. The number of carbonyl (C=O) groups excluding carboxylic acids is 1. The van der Waals surface area contributed by atoms with Gasteiger partial charge in [-0.3, -0.25) is 9.48 Å². The molecule has 3 N–H and O–H groups in total. The lowest BCUT2D eigenvalue weighted by molar-refractivity contribution is -0.137. The van der Waals surface area contributed by atoms with Crippen molar-refractivity contribution in [1.29, 1.82) is 0 Å². The number of hydrogen-bond acceptors (Lipinski definition) is 5. The van der Waals surface area contributed by atoms with Crippen molar-refractivity contribution in [2.45, 2.75) is 31.5 Å². The summed E-state index contributed by atoms with van der Waals surface area (Å²) in [5, 5.41) is 20.2. The van der Waals surface area contributed by atoms with Gasteiger partial charge in [0.25, 0.3) is 5.91 Å². The molecule has 1 fully saturated rings. The minimum Gasteiger partial charge on any atom is -0.395 e. The highest BCUT2D eigenvalue weighted by Gasteiger charge is 2.33. The first-order valence-corrected chi connectivity index (χ1v) is 8.23. The Balaban J connectivity index is 1.80. The van der Waals surface area contributed by atoms with Crippen LogP contribution in [-0.2, 0) is 22.1 Å². The van der Waals surface area contributed by atoms with Crippen LogP contribution in [0.4, 0.5) is 4.39 Å². The van der Waals surface area contributed by atoms with E-state index in [4.69, 9.17) is 9.84 Å². The second-order valence-electron chi connectivity index (χ2n) is 6.83. The molecular weight excluding hydrogens is 327 g/mol. The van der Waals surface area contributed by atoms with Crippen LogP contribution in [0.2, 0.25) is 0 Å². The minimum absolute atomic E-state index is 0.0364. The third-order valence-corrected chi connectivity index (χ3v) is 4.45. The van der Waals surface area contributed by atoms with Crippen LogP contribution < -0.4 is 10.6 Å². The van der Waals surface area contributed by atoms with Gasteiger partial charge in [0.15, 0.2) is 0 Å². The highest BCUT2D eigenvalue weighted by atomic mass is 19.1. The van der Waals surface area contributed by atoms with Crippen molar-refractivity contribution in [3.05, 3.63) is 29.7 Å². The van der Waals surface area contributed by atoms with Crippen molar-refractivity contribution >= 4 is 16.8 Å². The molecule has 1 amide bonds. The van der Waals surface area contributed by atoms with Crippen LogP contribution in [0.5, 0.6) is 0 Å². The van der Waals surface area contributed by atoms with Crippen molar-refractivity contribution in [1.82, 2.24) is 20.4 Å². The Hall–Kier alpha value is -2.03. The smallest absolute Gasteiger partial charge is 0.251 e. The molecule has 0 bridgehead atoms. The second kappa shape index (κ2) is 6.70. The lowest BCUT2D eigenvalue weighted by Gasteiger charge is -2.32. The molecule has 0 saturated carbocycles.